The van der Waals surface area contributed by atoms with Crippen molar-refractivity contribution in [3.05, 3.63) is 0 Å². The van der Waals surface area contributed by atoms with Crippen molar-refractivity contribution in [1.29, 1.82) is 0 Å². The van der Waals surface area contributed by atoms with Crippen LogP contribution in [0.15, 0.2) is 0 Å². The molecule has 6 heavy (non-hydrogen) atoms. The van der Waals surface area contributed by atoms with Gasteiger partial charge < -0.3 is 1.43 Å². The minimum atomic E-state index is 0. The predicted octanol–water partition coefficient (Wildman–Crippen LogP) is -2.27. The number of halogens is 4. The molecule has 0 heterocycles. The minimum Gasteiger partial charge on any atom is -1.00 e. The summed E-state index contributed by atoms with van der Waals surface area (Å²) in [6.45, 7) is 0. The molecule has 0 spiro atoms. The molecule has 0 nitrogen and oxygen atoms in total. The molecule has 0 N–H and O–H groups in total. The fourth-order valence-electron chi connectivity index (χ4n) is 0. The average Bonchev–Trinajstić information content (AvgIpc) is 0. The van der Waals surface area contributed by atoms with E-state index >= 15 is 0 Å². The van der Waals surface area contributed by atoms with E-state index in [4.69, 9.17) is 0 Å². The third kappa shape index (κ3) is 47.8. The summed E-state index contributed by atoms with van der Waals surface area (Å²) in [5, 5.41) is 0. The monoisotopic (exact) mass is 263 g/mol. The van der Waals surface area contributed by atoms with E-state index in [9.17, 15) is 0 Å². The Morgan fingerprint density at radius 1 is 0.667 bits per heavy atom. The van der Waals surface area contributed by atoms with Gasteiger partial charge in [-0.15, -0.1) is 0 Å². The summed E-state index contributed by atoms with van der Waals surface area (Å²) >= 11 is 0. The van der Waals surface area contributed by atoms with E-state index in [1.807, 2.05) is 0 Å². The Hall–Kier alpha value is 1.55. The van der Waals surface area contributed by atoms with E-state index in [1.165, 1.54) is 0 Å². The normalized spacial score (nSPS) is 0. The largest absolute Gasteiger partial charge is 1.00 e. The van der Waals surface area contributed by atoms with E-state index in [0.29, 0.717) is 0 Å². The van der Waals surface area contributed by atoms with Crippen molar-refractivity contribution in [1.82, 2.24) is 0 Å². The van der Waals surface area contributed by atoms with Crippen LogP contribution in [0.25, 0.3) is 0 Å². The smallest absolute Gasteiger partial charge is 1.00 e. The van der Waals surface area contributed by atoms with Crippen LogP contribution in [-0.4, -0.2) is 0 Å². The summed E-state index contributed by atoms with van der Waals surface area (Å²) < 4.78 is 0. The van der Waals surface area contributed by atoms with E-state index in [0.717, 1.165) is 0 Å². The SMILES string of the molecule is F.F.F.F.[H-].[Li+].[Lu]. The zero-order valence-electron chi connectivity index (χ0n) is 3.89. The van der Waals surface area contributed by atoms with Crippen LogP contribution in [0.5, 0.6) is 0 Å². The summed E-state index contributed by atoms with van der Waals surface area (Å²) in [7, 11) is 0. The Morgan fingerprint density at radius 3 is 0.667 bits per heavy atom. The average molecular weight is 263 g/mol. The predicted molar refractivity (Wildman–Crippen MR) is 11.1 cm³/mol. The molecule has 0 aromatic rings. The molecule has 0 atom stereocenters. The molecule has 1 radical (unpaired) electrons. The Kier molecular flexibility index (Phi) is 1880. The van der Waals surface area contributed by atoms with Gasteiger partial charge in [0.25, 0.3) is 0 Å². The van der Waals surface area contributed by atoms with Crippen LogP contribution in [0.1, 0.15) is 1.43 Å². The van der Waals surface area contributed by atoms with Gasteiger partial charge in [0.05, 0.1) is 0 Å². The maximum atomic E-state index is 0. The van der Waals surface area contributed by atoms with Gasteiger partial charge in [-0.25, -0.2) is 0 Å². The Morgan fingerprint density at radius 2 is 0.667 bits per heavy atom. The standard InChI is InChI=1S/4FH.Li.Lu.H/h4*1H;;;/q;;;;+1;;-1. The van der Waals surface area contributed by atoms with Gasteiger partial charge in [0, 0.05) is 36.9 Å². The Balaban J connectivity index is 0. The molecule has 0 fully saturated rings. The van der Waals surface area contributed by atoms with Gasteiger partial charge in [0.2, 0.25) is 0 Å². The van der Waals surface area contributed by atoms with Crippen LogP contribution in [-0.2, 0) is 0 Å². The maximum Gasteiger partial charge on any atom is 1.00 e. The minimum absolute atomic E-state index is 0. The van der Waals surface area contributed by atoms with E-state index < -0.39 is 0 Å². The molecule has 0 aliphatic carbocycles. The molecular formula is H5F4LiLu. The molecule has 0 saturated heterocycles. The molecule has 49 valence electrons. The summed E-state index contributed by atoms with van der Waals surface area (Å²) in [5.41, 5.74) is 0. The van der Waals surface area contributed by atoms with Crippen LogP contribution >= 0.6 is 0 Å². The van der Waals surface area contributed by atoms with Gasteiger partial charge >= 0.3 is 18.9 Å². The second kappa shape index (κ2) is 83.9. The van der Waals surface area contributed by atoms with Crippen LogP contribution in [0.2, 0.25) is 0 Å². The molecule has 0 unspecified atom stereocenters. The van der Waals surface area contributed by atoms with Gasteiger partial charge in [-0.1, -0.05) is 0 Å². The zero-order chi connectivity index (χ0) is 0. The molecule has 0 aliphatic rings. The molecule has 6 heteroatoms. The summed E-state index contributed by atoms with van der Waals surface area (Å²) in [6, 6.07) is 0. The Bertz CT molecular complexity index is 11.7. The van der Waals surface area contributed by atoms with E-state index in [1.54, 1.807) is 0 Å². The van der Waals surface area contributed by atoms with Crippen molar-refractivity contribution < 1.29 is 76.0 Å². The van der Waals surface area contributed by atoms with Gasteiger partial charge in [-0.05, 0) is 0 Å². The zero-order valence-corrected chi connectivity index (χ0v) is 4.55. The number of hydrogen-bond donors (Lipinski definition) is 0. The van der Waals surface area contributed by atoms with Crippen LogP contribution in [0.3, 0.4) is 0 Å². The fraction of sp³-hybridized carbons (Fsp3) is 0. The summed E-state index contributed by atoms with van der Waals surface area (Å²) in [5.74, 6) is 0. The second-order valence-corrected chi connectivity index (χ2v) is 0. The van der Waals surface area contributed by atoms with E-state index in [-0.39, 0.29) is 76.0 Å². The summed E-state index contributed by atoms with van der Waals surface area (Å²) in [4.78, 5) is 0. The quantitative estimate of drug-likeness (QED) is 0.341. The van der Waals surface area contributed by atoms with Crippen molar-refractivity contribution in [3.63, 3.8) is 0 Å². The molecule has 0 saturated carbocycles. The first-order valence-electron chi connectivity index (χ1n) is 0. The van der Waals surface area contributed by atoms with Gasteiger partial charge in [-0.2, -0.15) is 0 Å². The van der Waals surface area contributed by atoms with Crippen molar-refractivity contribution in [3.8, 4) is 0 Å². The molecule has 0 rings (SSSR count). The van der Waals surface area contributed by atoms with Crippen molar-refractivity contribution in [2.24, 2.45) is 0 Å². The topological polar surface area (TPSA) is 0 Å². The molecule has 0 aromatic carbocycles. The first-order chi connectivity index (χ1) is 0. The van der Waals surface area contributed by atoms with Crippen LogP contribution in [0, 0.1) is 36.9 Å². The number of hydrogen-bond acceptors (Lipinski definition) is 0. The third-order valence-electron chi connectivity index (χ3n) is 0. The number of rotatable bonds is 0. The molecular weight excluding hydrogens is 258 g/mol. The van der Waals surface area contributed by atoms with Gasteiger partial charge in [0.15, 0.2) is 0 Å². The van der Waals surface area contributed by atoms with Crippen molar-refractivity contribution in [2.75, 3.05) is 0 Å². The van der Waals surface area contributed by atoms with Gasteiger partial charge in [0.1, 0.15) is 0 Å². The molecule has 0 aromatic heterocycles. The van der Waals surface area contributed by atoms with Crippen LogP contribution in [0.4, 0.5) is 18.8 Å². The molecule has 0 bridgehead atoms. The fourth-order valence-corrected chi connectivity index (χ4v) is 0. The first kappa shape index (κ1) is 135. The molecule has 0 aliphatic heterocycles. The molecule has 0 amide bonds. The van der Waals surface area contributed by atoms with Crippen molar-refractivity contribution in [2.45, 2.75) is 0 Å². The summed E-state index contributed by atoms with van der Waals surface area (Å²) in [6.07, 6.45) is 0. The van der Waals surface area contributed by atoms with Gasteiger partial charge in [-0.3, -0.25) is 18.8 Å². The van der Waals surface area contributed by atoms with E-state index in [2.05, 4.69) is 0 Å². The Labute approximate surface area is 75.4 Å². The maximum absolute atomic E-state index is 0. The second-order valence-electron chi connectivity index (χ2n) is 0. The first-order valence-corrected chi connectivity index (χ1v) is 0. The van der Waals surface area contributed by atoms with Crippen molar-refractivity contribution >= 4 is 0 Å². The third-order valence-corrected chi connectivity index (χ3v) is 0. The van der Waals surface area contributed by atoms with Crippen LogP contribution < -0.4 is 18.9 Å².